The van der Waals surface area contributed by atoms with Crippen molar-refractivity contribution in [3.63, 3.8) is 0 Å². The van der Waals surface area contributed by atoms with Crippen LogP contribution >= 0.6 is 0 Å². The van der Waals surface area contributed by atoms with Crippen molar-refractivity contribution in [1.29, 1.82) is 0 Å². The van der Waals surface area contributed by atoms with E-state index < -0.39 is 53.4 Å². The number of aromatic nitrogens is 4. The third-order valence-corrected chi connectivity index (χ3v) is 10.9. The van der Waals surface area contributed by atoms with E-state index in [0.29, 0.717) is 54.8 Å². The molecule has 1 aromatic carbocycles. The van der Waals surface area contributed by atoms with Gasteiger partial charge in [0.1, 0.15) is 41.7 Å². The number of piperidine rings is 2. The molecule has 0 radical (unpaired) electrons. The van der Waals surface area contributed by atoms with Crippen LogP contribution in [0, 0.1) is 10.1 Å². The molecule has 1 amide bonds. The highest BCUT2D eigenvalue weighted by atomic mass is 16.7. The summed E-state index contributed by atoms with van der Waals surface area (Å²) in [6.07, 6.45) is -5.03. The first kappa shape index (κ1) is 46.0. The minimum Gasteiger partial charge on any atom is -0.479 e. The summed E-state index contributed by atoms with van der Waals surface area (Å²) >= 11 is 0. The number of carboxylic acid groups (broad SMARTS) is 1. The molecule has 0 bridgehead atoms. The summed E-state index contributed by atoms with van der Waals surface area (Å²) < 4.78 is 16.5. The Bertz CT molecular complexity index is 2020. The number of ether oxygens (including phenoxy) is 3. The highest BCUT2D eigenvalue weighted by Gasteiger charge is 2.48. The summed E-state index contributed by atoms with van der Waals surface area (Å²) in [5, 5.41) is 82.0. The van der Waals surface area contributed by atoms with Crippen LogP contribution in [0.2, 0.25) is 0 Å². The number of hydrogen-bond acceptors (Lipinski definition) is 21. The van der Waals surface area contributed by atoms with Crippen LogP contribution in [0.3, 0.4) is 0 Å². The molecule has 3 fully saturated rings. The van der Waals surface area contributed by atoms with Crippen LogP contribution in [0.1, 0.15) is 38.5 Å². The van der Waals surface area contributed by atoms with Gasteiger partial charge in [-0.15, -0.1) is 0 Å². The molecule has 3 aliphatic rings. The molecule has 0 aliphatic carbocycles. The van der Waals surface area contributed by atoms with E-state index in [4.69, 9.17) is 34.1 Å². The molecule has 3 saturated heterocycles. The van der Waals surface area contributed by atoms with E-state index in [9.17, 15) is 55.4 Å². The number of benzene rings is 1. The molecule has 0 unspecified atom stereocenters. The third-order valence-electron chi connectivity index (χ3n) is 10.9. The second kappa shape index (κ2) is 21.0. The average Bonchev–Trinajstić information content (AvgIpc) is 3.28. The van der Waals surface area contributed by atoms with E-state index in [1.165, 1.54) is 7.05 Å². The van der Waals surface area contributed by atoms with Crippen molar-refractivity contribution >= 4 is 58.0 Å². The van der Waals surface area contributed by atoms with E-state index in [1.807, 2.05) is 0 Å². The zero-order chi connectivity index (χ0) is 44.5. The smallest absolute Gasteiger partial charge is 0.414 e. The van der Waals surface area contributed by atoms with E-state index in [1.54, 1.807) is 9.80 Å². The normalized spacial score (nSPS) is 21.7. The summed E-state index contributed by atoms with van der Waals surface area (Å²) in [7, 11) is 1.23. The zero-order valence-corrected chi connectivity index (χ0v) is 34.3. The average molecular weight is 875 g/mol. The maximum Gasteiger partial charge on any atom is 0.414 e. The number of rotatable bonds is 18. The first-order valence-corrected chi connectivity index (χ1v) is 20.6. The number of nitro benzene ring substituents is 1. The minimum atomic E-state index is -2.00. The molecular formula is C38H54N10O14. The maximum atomic E-state index is 13.6. The Kier molecular flexibility index (Phi) is 15.6. The van der Waals surface area contributed by atoms with Crippen LogP contribution in [0.4, 0.5) is 39.7 Å². The van der Waals surface area contributed by atoms with Crippen LogP contribution in [0.25, 0.3) is 11.0 Å². The number of non-ortho nitro benzene ring substituents is 1. The van der Waals surface area contributed by atoms with Crippen molar-refractivity contribution < 1.29 is 64.5 Å². The quantitative estimate of drug-likeness (QED) is 0.0622. The second-order valence-electron chi connectivity index (χ2n) is 15.1. The van der Waals surface area contributed by atoms with Gasteiger partial charge in [0.2, 0.25) is 18.2 Å². The highest BCUT2D eigenvalue weighted by Crippen LogP contribution is 2.37. The van der Waals surface area contributed by atoms with Gasteiger partial charge >= 0.3 is 12.1 Å². The Morgan fingerprint density at radius 3 is 1.79 bits per heavy atom. The van der Waals surface area contributed by atoms with Crippen molar-refractivity contribution in [3.05, 3.63) is 28.3 Å². The topological polar surface area (TPSA) is 314 Å². The summed E-state index contributed by atoms with van der Waals surface area (Å²) in [4.78, 5) is 64.6. The Hall–Kier alpha value is -5.50. The minimum absolute atomic E-state index is 0.0267. The molecule has 6 rings (SSSR count). The Balaban J connectivity index is 1.29. The first-order chi connectivity index (χ1) is 29.9. The molecule has 0 saturated carbocycles. The van der Waals surface area contributed by atoms with Crippen molar-refractivity contribution in [2.24, 2.45) is 0 Å². The molecule has 24 heteroatoms. The summed E-state index contributed by atoms with van der Waals surface area (Å²) in [5.74, 6) is -0.315. The van der Waals surface area contributed by atoms with Crippen molar-refractivity contribution in [2.45, 2.75) is 69.2 Å². The van der Waals surface area contributed by atoms with Gasteiger partial charge in [-0.3, -0.25) is 15.0 Å². The number of nitro groups is 1. The lowest BCUT2D eigenvalue weighted by atomic mass is 9.99. The van der Waals surface area contributed by atoms with Crippen LogP contribution in [-0.2, 0) is 14.3 Å². The molecule has 3 aromatic rings. The van der Waals surface area contributed by atoms with Gasteiger partial charge in [0, 0.05) is 65.0 Å². The molecule has 3 aliphatic heterocycles. The number of aliphatic hydroxyl groups excluding tert-OH is 6. The molecule has 2 aromatic heterocycles. The van der Waals surface area contributed by atoms with E-state index in [0.717, 1.165) is 61.6 Å². The molecule has 0 spiro atoms. The standard InChI is InChI=1S/C38H54N10O14/c1-43(24-22-23(48(58)59)8-9-25(24)61-35-30(54)28(52)29(53)31(62-35)34(55)56)38(57)60-21-17-47(16-20-51)37-40-27-26(33(42-37)45-12-6-3-7-13-45)39-36(46(14-18-49)15-19-50)41-32(27)44-10-4-2-5-11-44/h8-9,22,28-31,35,49-54H,2-7,10-21H2,1H3,(H,55,56)/t28-,29-,30+,31-,35+/m0/s1. The first-order valence-electron chi connectivity index (χ1n) is 20.6. The molecule has 340 valence electrons. The lowest BCUT2D eigenvalue weighted by molar-refractivity contribution is -0.384. The van der Waals surface area contributed by atoms with Gasteiger partial charge in [0.05, 0.1) is 37.0 Å². The molecule has 5 atom stereocenters. The Morgan fingerprint density at radius 1 is 0.790 bits per heavy atom. The number of carboxylic acids is 1. The number of amides is 1. The Labute approximate surface area is 355 Å². The predicted octanol–water partition coefficient (Wildman–Crippen LogP) is -0.558. The van der Waals surface area contributed by atoms with Crippen molar-refractivity contribution in [2.75, 3.05) is 110 Å². The van der Waals surface area contributed by atoms with E-state index >= 15 is 0 Å². The molecule has 7 N–H and O–H groups in total. The van der Waals surface area contributed by atoms with E-state index in [2.05, 4.69) is 9.80 Å². The monoisotopic (exact) mass is 874 g/mol. The predicted molar refractivity (Wildman–Crippen MR) is 221 cm³/mol. The summed E-state index contributed by atoms with van der Waals surface area (Å²) in [5.41, 5.74) is 0.252. The van der Waals surface area contributed by atoms with Crippen molar-refractivity contribution in [1.82, 2.24) is 19.9 Å². The van der Waals surface area contributed by atoms with Gasteiger partial charge in [0.25, 0.3) is 5.69 Å². The fourth-order valence-corrected chi connectivity index (χ4v) is 7.58. The molecule has 24 nitrogen and oxygen atoms in total. The largest absolute Gasteiger partial charge is 0.479 e. The SMILES string of the molecule is CN(C(=O)OCCN(CCO)c1nc(N2CCCCC2)c2nc(N(CCO)CCO)nc(N3CCCCC3)c2n1)c1cc([N+](=O)[O-])ccc1O[C@@H]1O[C@H](C(=O)O)[C@@H](O)[C@H](O)[C@H]1O. The van der Waals surface area contributed by atoms with Crippen LogP contribution in [0.5, 0.6) is 5.75 Å². The number of hydrogen-bond donors (Lipinski definition) is 7. The summed E-state index contributed by atoms with van der Waals surface area (Å²) in [6, 6.07) is 3.10. The van der Waals surface area contributed by atoms with Gasteiger partial charge in [-0.2, -0.15) is 9.97 Å². The zero-order valence-electron chi connectivity index (χ0n) is 34.3. The van der Waals surface area contributed by atoms with Gasteiger partial charge in [-0.25, -0.2) is 19.6 Å². The van der Waals surface area contributed by atoms with E-state index in [-0.39, 0.29) is 70.0 Å². The van der Waals surface area contributed by atoms with Crippen LogP contribution in [0.15, 0.2) is 18.2 Å². The maximum absolute atomic E-state index is 13.6. The third kappa shape index (κ3) is 10.4. The number of nitrogens with zero attached hydrogens (tertiary/aromatic N) is 10. The molecular weight excluding hydrogens is 820 g/mol. The lowest BCUT2D eigenvalue weighted by Crippen LogP contribution is -2.61. The van der Waals surface area contributed by atoms with Crippen LogP contribution < -0.4 is 29.2 Å². The van der Waals surface area contributed by atoms with Crippen molar-refractivity contribution in [3.8, 4) is 5.75 Å². The number of fused-ring (bicyclic) bond motifs is 1. The number of anilines is 5. The fourth-order valence-electron chi connectivity index (χ4n) is 7.58. The second-order valence-corrected chi connectivity index (χ2v) is 15.1. The van der Waals surface area contributed by atoms with Gasteiger partial charge < -0.3 is 69.6 Å². The molecule has 62 heavy (non-hydrogen) atoms. The number of aliphatic hydroxyl groups is 6. The summed E-state index contributed by atoms with van der Waals surface area (Å²) in [6.45, 7) is 2.23. The number of carbonyl (C=O) groups excluding carboxylic acids is 1. The van der Waals surface area contributed by atoms with Gasteiger partial charge in [-0.05, 0) is 44.6 Å². The molecule has 5 heterocycles. The van der Waals surface area contributed by atoms with Gasteiger partial charge in [0.15, 0.2) is 17.7 Å². The Morgan fingerprint density at radius 2 is 1.31 bits per heavy atom. The fraction of sp³-hybridized carbons (Fsp3) is 0.632. The highest BCUT2D eigenvalue weighted by molar-refractivity contribution is 5.95. The number of carbonyl (C=O) groups is 2. The lowest BCUT2D eigenvalue weighted by Gasteiger charge is -2.38. The van der Waals surface area contributed by atoms with Crippen LogP contribution in [-0.4, -0.2) is 189 Å². The number of aliphatic carboxylic acids is 1. The van der Waals surface area contributed by atoms with Gasteiger partial charge in [-0.1, -0.05) is 0 Å².